The maximum Gasteiger partial charge on any atom is 0.241 e. The number of nitrogens with zero attached hydrogens (tertiary/aromatic N) is 2. The highest BCUT2D eigenvalue weighted by Gasteiger charge is 2.35. The highest BCUT2D eigenvalue weighted by molar-refractivity contribution is 7.89. The molecule has 8 heteroatoms. The van der Waals surface area contributed by atoms with Crippen LogP contribution in [-0.2, 0) is 10.0 Å². The van der Waals surface area contributed by atoms with Crippen molar-refractivity contribution in [3.8, 4) is 0 Å². The molecule has 0 bridgehead atoms. The third kappa shape index (κ3) is 5.67. The van der Waals surface area contributed by atoms with Crippen LogP contribution in [0.5, 0.6) is 0 Å². The molecule has 1 saturated carbocycles. The molecule has 2 atom stereocenters. The number of hydrogen-bond donors (Lipinski definition) is 1. The summed E-state index contributed by atoms with van der Waals surface area (Å²) >= 11 is 0. The molecule has 2 aromatic rings. The largest absolute Gasteiger partial charge is 1.00 e. The monoisotopic (exact) mass is 427 g/mol. The topological polar surface area (TPSA) is 84.8 Å². The number of rotatable bonds is 5. The minimum Gasteiger partial charge on any atom is -1.00 e. The molecule has 0 aliphatic heterocycles. The first-order valence-electron chi connectivity index (χ1n) is 9.14. The Kier molecular flexibility index (Phi) is 8.88. The molecule has 6 nitrogen and oxygen atoms in total. The highest BCUT2D eigenvalue weighted by atomic mass is 35.5. The van der Waals surface area contributed by atoms with E-state index in [1.807, 2.05) is 33.2 Å². The van der Waals surface area contributed by atoms with Crippen LogP contribution in [-0.4, -0.2) is 34.0 Å². The van der Waals surface area contributed by atoms with Gasteiger partial charge in [-0.25, -0.2) is 17.7 Å². The minimum atomic E-state index is -3.51. The quantitative estimate of drug-likeness (QED) is 0.620. The SMILES string of the molecule is Cc1ccc(S(=O)(=O)N[C@@H]2CCCC[C@H]2[n+]2ccc(N(C)C)cc2)cc1.O.[Cl-]. The van der Waals surface area contributed by atoms with Crippen molar-refractivity contribution in [3.05, 3.63) is 54.4 Å². The van der Waals surface area contributed by atoms with E-state index in [0.29, 0.717) is 4.90 Å². The molecular weight excluding hydrogens is 398 g/mol. The van der Waals surface area contributed by atoms with Gasteiger partial charge in [-0.05, 0) is 31.9 Å². The Bertz CT molecular complexity index is 840. The van der Waals surface area contributed by atoms with Gasteiger partial charge >= 0.3 is 0 Å². The zero-order valence-electron chi connectivity index (χ0n) is 16.6. The van der Waals surface area contributed by atoms with Gasteiger partial charge in [-0.2, -0.15) is 0 Å². The molecule has 1 fully saturated rings. The Balaban J connectivity index is 0.00000196. The van der Waals surface area contributed by atoms with Gasteiger partial charge < -0.3 is 22.8 Å². The average molecular weight is 428 g/mol. The van der Waals surface area contributed by atoms with Crippen LogP contribution in [0.2, 0.25) is 0 Å². The van der Waals surface area contributed by atoms with Crippen molar-refractivity contribution in [2.75, 3.05) is 19.0 Å². The van der Waals surface area contributed by atoms with Gasteiger partial charge in [-0.15, -0.1) is 0 Å². The number of pyridine rings is 1. The van der Waals surface area contributed by atoms with E-state index in [9.17, 15) is 8.42 Å². The minimum absolute atomic E-state index is 0. The molecule has 0 radical (unpaired) electrons. The van der Waals surface area contributed by atoms with Crippen LogP contribution in [0.1, 0.15) is 37.3 Å². The lowest BCUT2D eigenvalue weighted by molar-refractivity contribution is -0.727. The number of hydrogen-bond acceptors (Lipinski definition) is 3. The van der Waals surface area contributed by atoms with Gasteiger partial charge in [0.05, 0.1) is 10.9 Å². The first-order valence-corrected chi connectivity index (χ1v) is 10.6. The van der Waals surface area contributed by atoms with Crippen LogP contribution in [0, 0.1) is 6.92 Å². The van der Waals surface area contributed by atoms with Gasteiger partial charge in [0, 0.05) is 38.3 Å². The van der Waals surface area contributed by atoms with Crippen LogP contribution >= 0.6 is 0 Å². The predicted octanol–water partition coefficient (Wildman–Crippen LogP) is -1.01. The fourth-order valence-electron chi connectivity index (χ4n) is 3.54. The molecule has 156 valence electrons. The van der Waals surface area contributed by atoms with E-state index in [0.717, 1.165) is 36.9 Å². The third-order valence-electron chi connectivity index (χ3n) is 5.10. The highest BCUT2D eigenvalue weighted by Crippen LogP contribution is 2.26. The maximum absolute atomic E-state index is 12.8. The number of sulfonamides is 1. The van der Waals surface area contributed by atoms with Crippen LogP contribution in [0.15, 0.2) is 53.7 Å². The molecule has 0 spiro atoms. The summed E-state index contributed by atoms with van der Waals surface area (Å²) in [5.41, 5.74) is 2.19. The summed E-state index contributed by atoms with van der Waals surface area (Å²) in [6, 6.07) is 11.2. The summed E-state index contributed by atoms with van der Waals surface area (Å²) in [7, 11) is 0.515. The number of halogens is 1. The Morgan fingerprint density at radius 2 is 1.57 bits per heavy atom. The van der Waals surface area contributed by atoms with Gasteiger partial charge in [-0.1, -0.05) is 24.1 Å². The number of aromatic nitrogens is 1. The molecule has 3 N–H and O–H groups in total. The fraction of sp³-hybridized carbons (Fsp3) is 0.450. The smallest absolute Gasteiger partial charge is 0.241 e. The second-order valence-corrected chi connectivity index (χ2v) is 9.00. The number of aryl methyl sites for hydroxylation is 1. The first kappa shape index (κ1) is 24.4. The molecule has 3 rings (SSSR count). The van der Waals surface area contributed by atoms with E-state index in [2.05, 4.69) is 38.7 Å². The molecule has 1 aliphatic rings. The van der Waals surface area contributed by atoms with E-state index in [1.165, 1.54) is 0 Å². The second-order valence-electron chi connectivity index (χ2n) is 7.29. The van der Waals surface area contributed by atoms with Gasteiger partial charge in [0.2, 0.25) is 10.0 Å². The number of nitrogens with one attached hydrogen (secondary N) is 1. The van der Waals surface area contributed by atoms with Crippen LogP contribution in [0.25, 0.3) is 0 Å². The molecule has 1 aromatic heterocycles. The lowest BCUT2D eigenvalue weighted by Crippen LogP contribution is -3.00. The van der Waals surface area contributed by atoms with Crippen molar-refractivity contribution in [1.82, 2.24) is 4.72 Å². The van der Waals surface area contributed by atoms with E-state index in [1.54, 1.807) is 12.1 Å². The fourth-order valence-corrected chi connectivity index (χ4v) is 4.84. The van der Waals surface area contributed by atoms with Crippen LogP contribution < -0.4 is 26.6 Å². The standard InChI is InChI=1S/C20H28N3O2S.ClH.H2O/c1-16-8-10-18(11-9-16)26(24,25)21-19-6-4-5-7-20(19)23-14-12-17(13-15-23)22(2)3;;/h8-15,19-21H,4-7H2,1-3H3;1H;1H2/q+1;;/p-1/t19-,20-;;/m1../s1. The van der Waals surface area contributed by atoms with E-state index < -0.39 is 10.0 Å². The first-order chi connectivity index (χ1) is 12.4. The van der Waals surface area contributed by atoms with E-state index in [4.69, 9.17) is 0 Å². The Labute approximate surface area is 174 Å². The number of benzene rings is 1. The number of anilines is 1. The van der Waals surface area contributed by atoms with E-state index in [-0.39, 0.29) is 30.0 Å². The van der Waals surface area contributed by atoms with Gasteiger partial charge in [0.1, 0.15) is 0 Å². The van der Waals surface area contributed by atoms with E-state index >= 15 is 0 Å². The summed E-state index contributed by atoms with van der Waals surface area (Å²) in [4.78, 5) is 2.39. The summed E-state index contributed by atoms with van der Waals surface area (Å²) in [5.74, 6) is 0. The van der Waals surface area contributed by atoms with Crippen LogP contribution in [0.3, 0.4) is 0 Å². The Morgan fingerprint density at radius 3 is 2.14 bits per heavy atom. The van der Waals surface area contributed by atoms with Crippen LogP contribution in [0.4, 0.5) is 5.69 Å². The molecule has 28 heavy (non-hydrogen) atoms. The molecule has 0 saturated heterocycles. The van der Waals surface area contributed by atoms with Gasteiger partial charge in [-0.3, -0.25) is 0 Å². The molecule has 1 aromatic carbocycles. The third-order valence-corrected chi connectivity index (χ3v) is 6.61. The Morgan fingerprint density at radius 1 is 1.00 bits per heavy atom. The summed E-state index contributed by atoms with van der Waals surface area (Å²) < 4.78 is 30.7. The summed E-state index contributed by atoms with van der Waals surface area (Å²) in [6.45, 7) is 1.95. The molecule has 1 heterocycles. The Hall–Kier alpha value is -1.67. The zero-order valence-corrected chi connectivity index (χ0v) is 18.2. The lowest BCUT2D eigenvalue weighted by atomic mass is 9.91. The molecule has 1 aliphatic carbocycles. The van der Waals surface area contributed by atoms with Crippen molar-refractivity contribution in [3.63, 3.8) is 0 Å². The average Bonchev–Trinajstić information content (AvgIpc) is 2.62. The van der Waals surface area contributed by atoms with Crippen molar-refractivity contribution < 1.29 is 30.9 Å². The summed E-state index contributed by atoms with van der Waals surface area (Å²) in [6.07, 6.45) is 8.12. The lowest BCUT2D eigenvalue weighted by Gasteiger charge is -2.28. The maximum atomic E-state index is 12.8. The molecular formula is C20H30ClN3O3S. The molecule has 0 unspecified atom stereocenters. The van der Waals surface area contributed by atoms with Crippen molar-refractivity contribution >= 4 is 15.7 Å². The normalized spacial score (nSPS) is 19.2. The molecule has 0 amide bonds. The zero-order chi connectivity index (χ0) is 18.7. The van der Waals surface area contributed by atoms with Crippen molar-refractivity contribution in [2.45, 2.75) is 49.6 Å². The second kappa shape index (κ2) is 10.2. The predicted molar refractivity (Wildman–Crippen MR) is 107 cm³/mol. The van der Waals surface area contributed by atoms with Gasteiger partial charge in [0.25, 0.3) is 0 Å². The van der Waals surface area contributed by atoms with Gasteiger partial charge in [0.15, 0.2) is 18.4 Å². The summed E-state index contributed by atoms with van der Waals surface area (Å²) in [5, 5.41) is 0. The van der Waals surface area contributed by atoms with Crippen molar-refractivity contribution in [2.24, 2.45) is 0 Å². The van der Waals surface area contributed by atoms with Crippen molar-refractivity contribution in [1.29, 1.82) is 0 Å².